The molecule has 2 aromatic carbocycles. The Labute approximate surface area is 150 Å². The van der Waals surface area contributed by atoms with Crippen LogP contribution in [-0.2, 0) is 9.59 Å². The molecule has 0 saturated heterocycles. The smallest absolute Gasteiger partial charge is 0.330 e. The molecule has 0 unspecified atom stereocenters. The average Bonchev–Trinajstić information content (AvgIpc) is 3.29. The van der Waals surface area contributed by atoms with E-state index in [9.17, 15) is 19.5 Å². The number of carbonyl (C=O) groups excluding carboxylic acids is 2. The molecule has 132 valence electrons. The first kappa shape index (κ1) is 16.5. The van der Waals surface area contributed by atoms with Crippen molar-refractivity contribution in [3.63, 3.8) is 0 Å². The fourth-order valence-corrected chi connectivity index (χ4v) is 4.64. The van der Waals surface area contributed by atoms with Crippen LogP contribution in [0.4, 0.5) is 0 Å². The number of aliphatic carboxylic acids is 1. The number of carboxylic acid groups (broad SMARTS) is 1. The van der Waals surface area contributed by atoms with Crippen molar-refractivity contribution in [2.24, 2.45) is 10.8 Å². The molecule has 0 bridgehead atoms. The van der Waals surface area contributed by atoms with Crippen LogP contribution in [0.3, 0.4) is 0 Å². The molecule has 0 aromatic heterocycles. The second kappa shape index (κ2) is 5.27. The van der Waals surface area contributed by atoms with E-state index in [-0.39, 0.29) is 12.2 Å². The molecule has 5 nitrogen and oxygen atoms in total. The van der Waals surface area contributed by atoms with Crippen molar-refractivity contribution >= 4 is 17.7 Å². The zero-order chi connectivity index (χ0) is 18.7. The lowest BCUT2D eigenvalue weighted by Crippen LogP contribution is -2.39. The maximum absolute atomic E-state index is 13.4. The average molecular weight is 350 g/mol. The van der Waals surface area contributed by atoms with Crippen molar-refractivity contribution < 1.29 is 24.2 Å². The summed E-state index contributed by atoms with van der Waals surface area (Å²) in [5.74, 6) is -2.85. The SMILES string of the molecule is CC[C@@]1(C(=O)c2ccc(C)cc2)[C@H]2c3ccccc3OC(=O)[C@@]21C(=O)O. The van der Waals surface area contributed by atoms with Crippen LogP contribution >= 0.6 is 0 Å². The van der Waals surface area contributed by atoms with Crippen molar-refractivity contribution in [2.45, 2.75) is 26.2 Å². The molecule has 1 aliphatic heterocycles. The topological polar surface area (TPSA) is 80.7 Å². The fourth-order valence-electron chi connectivity index (χ4n) is 4.64. The van der Waals surface area contributed by atoms with Crippen LogP contribution in [0.25, 0.3) is 0 Å². The third-order valence-electron chi connectivity index (χ3n) is 5.91. The summed E-state index contributed by atoms with van der Waals surface area (Å²) in [6, 6.07) is 13.8. The summed E-state index contributed by atoms with van der Waals surface area (Å²) in [6.07, 6.45) is 0.236. The van der Waals surface area contributed by atoms with E-state index in [1.54, 1.807) is 43.3 Å². The normalized spacial score (nSPS) is 28.5. The van der Waals surface area contributed by atoms with E-state index in [1.165, 1.54) is 0 Å². The first-order valence-electron chi connectivity index (χ1n) is 8.57. The van der Waals surface area contributed by atoms with Crippen LogP contribution < -0.4 is 4.74 Å². The number of ketones is 1. The quantitative estimate of drug-likeness (QED) is 0.396. The van der Waals surface area contributed by atoms with Gasteiger partial charge in [-0.25, -0.2) is 0 Å². The van der Waals surface area contributed by atoms with Gasteiger partial charge < -0.3 is 9.84 Å². The zero-order valence-corrected chi connectivity index (χ0v) is 14.5. The highest BCUT2D eigenvalue weighted by Gasteiger charge is 2.89. The zero-order valence-electron chi connectivity index (χ0n) is 14.5. The van der Waals surface area contributed by atoms with Gasteiger partial charge in [0.15, 0.2) is 11.2 Å². The number of ether oxygens (including phenoxy) is 1. The molecule has 1 saturated carbocycles. The van der Waals surface area contributed by atoms with Gasteiger partial charge in [0, 0.05) is 17.0 Å². The first-order valence-corrected chi connectivity index (χ1v) is 8.57. The van der Waals surface area contributed by atoms with Gasteiger partial charge in [-0.3, -0.25) is 14.4 Å². The number of aryl methyl sites for hydroxylation is 1. The van der Waals surface area contributed by atoms with Crippen molar-refractivity contribution in [1.29, 1.82) is 0 Å². The van der Waals surface area contributed by atoms with Gasteiger partial charge in [0.05, 0.1) is 5.41 Å². The van der Waals surface area contributed by atoms with E-state index in [1.807, 2.05) is 19.1 Å². The summed E-state index contributed by atoms with van der Waals surface area (Å²) < 4.78 is 5.34. The molecular weight excluding hydrogens is 332 g/mol. The number of benzene rings is 2. The maximum atomic E-state index is 13.4. The van der Waals surface area contributed by atoms with Gasteiger partial charge in [-0.05, 0) is 19.4 Å². The van der Waals surface area contributed by atoms with Crippen molar-refractivity contribution in [2.75, 3.05) is 0 Å². The molecule has 4 rings (SSSR count). The molecule has 2 aromatic rings. The van der Waals surface area contributed by atoms with E-state index in [2.05, 4.69) is 0 Å². The van der Waals surface area contributed by atoms with Crippen LogP contribution in [0, 0.1) is 17.8 Å². The predicted octanol–water partition coefficient (Wildman–Crippen LogP) is 3.36. The molecule has 1 aliphatic carbocycles. The fraction of sp³-hybridized carbons (Fsp3) is 0.286. The third-order valence-corrected chi connectivity index (χ3v) is 5.91. The number of carbonyl (C=O) groups is 3. The van der Waals surface area contributed by atoms with Crippen LogP contribution in [0.5, 0.6) is 5.75 Å². The van der Waals surface area contributed by atoms with E-state index in [4.69, 9.17) is 4.74 Å². The van der Waals surface area contributed by atoms with Crippen LogP contribution in [-0.4, -0.2) is 22.8 Å². The number of hydrogen-bond acceptors (Lipinski definition) is 4. The highest BCUT2D eigenvalue weighted by Crippen LogP contribution is 2.79. The van der Waals surface area contributed by atoms with Gasteiger partial charge in [0.1, 0.15) is 5.75 Å². The first-order chi connectivity index (χ1) is 12.4. The molecule has 0 amide bonds. The molecule has 1 N–H and O–H groups in total. The molecule has 5 heteroatoms. The number of Topliss-reactive ketones (excluding diaryl/α,β-unsaturated/α-hetero) is 1. The second-order valence-electron chi connectivity index (χ2n) is 6.99. The number of fused-ring (bicyclic) bond motifs is 3. The second-order valence-corrected chi connectivity index (χ2v) is 6.99. The predicted molar refractivity (Wildman–Crippen MR) is 93.1 cm³/mol. The van der Waals surface area contributed by atoms with Crippen molar-refractivity contribution in [3.8, 4) is 5.75 Å². The van der Waals surface area contributed by atoms with Gasteiger partial charge in [-0.15, -0.1) is 0 Å². The number of esters is 1. The lowest BCUT2D eigenvalue weighted by Gasteiger charge is -2.20. The summed E-state index contributed by atoms with van der Waals surface area (Å²) in [5, 5.41) is 9.99. The molecule has 1 heterocycles. The Morgan fingerprint density at radius 3 is 2.38 bits per heavy atom. The number of hydrogen-bond donors (Lipinski definition) is 1. The third kappa shape index (κ3) is 1.72. The van der Waals surface area contributed by atoms with Crippen LogP contribution in [0.1, 0.15) is 40.7 Å². The molecule has 0 radical (unpaired) electrons. The molecule has 2 aliphatic rings. The Morgan fingerprint density at radius 2 is 1.77 bits per heavy atom. The van der Waals surface area contributed by atoms with E-state index in [0.29, 0.717) is 16.9 Å². The molecule has 0 spiro atoms. The largest absolute Gasteiger partial charge is 0.480 e. The lowest BCUT2D eigenvalue weighted by molar-refractivity contribution is -0.158. The highest BCUT2D eigenvalue weighted by atomic mass is 16.5. The van der Waals surface area contributed by atoms with E-state index in [0.717, 1.165) is 5.56 Å². The molecule has 3 atom stereocenters. The Kier molecular flexibility index (Phi) is 3.35. The van der Waals surface area contributed by atoms with Crippen molar-refractivity contribution in [3.05, 3.63) is 65.2 Å². The minimum atomic E-state index is -1.86. The minimum Gasteiger partial charge on any atom is -0.480 e. The minimum absolute atomic E-state index is 0.236. The summed E-state index contributed by atoms with van der Waals surface area (Å²) in [6.45, 7) is 3.66. The summed E-state index contributed by atoms with van der Waals surface area (Å²) in [7, 11) is 0. The van der Waals surface area contributed by atoms with Crippen molar-refractivity contribution in [1.82, 2.24) is 0 Å². The van der Waals surface area contributed by atoms with Crippen LogP contribution in [0.15, 0.2) is 48.5 Å². The summed E-state index contributed by atoms with van der Waals surface area (Å²) >= 11 is 0. The molecule has 26 heavy (non-hydrogen) atoms. The highest BCUT2D eigenvalue weighted by molar-refractivity contribution is 6.19. The Hall–Kier alpha value is -2.95. The van der Waals surface area contributed by atoms with E-state index < -0.39 is 28.7 Å². The number of carboxylic acids is 1. The molecule has 1 fully saturated rings. The van der Waals surface area contributed by atoms with Gasteiger partial charge in [-0.1, -0.05) is 55.0 Å². The molecular formula is C21H18O5. The Morgan fingerprint density at radius 1 is 1.12 bits per heavy atom. The Balaban J connectivity index is 1.93. The number of para-hydroxylation sites is 1. The van der Waals surface area contributed by atoms with Gasteiger partial charge in [0.25, 0.3) is 0 Å². The van der Waals surface area contributed by atoms with Crippen LogP contribution in [0.2, 0.25) is 0 Å². The van der Waals surface area contributed by atoms with E-state index >= 15 is 0 Å². The monoisotopic (exact) mass is 350 g/mol. The number of rotatable bonds is 4. The van der Waals surface area contributed by atoms with Gasteiger partial charge >= 0.3 is 11.9 Å². The summed E-state index contributed by atoms with van der Waals surface area (Å²) in [5.41, 5.74) is -1.18. The van der Waals surface area contributed by atoms with Gasteiger partial charge in [0.2, 0.25) is 0 Å². The maximum Gasteiger partial charge on any atom is 0.330 e. The Bertz CT molecular complexity index is 945. The standard InChI is InChI=1S/C21H18O5/c1-3-20(17(22)13-10-8-12(2)9-11-13)16-14-6-4-5-7-15(14)26-19(25)21(16,20)18(23)24/h4-11,16H,3H2,1-2H3,(H,23,24)/t16-,20+,21+/m1/s1. The van der Waals surface area contributed by atoms with Gasteiger partial charge in [-0.2, -0.15) is 0 Å². The summed E-state index contributed by atoms with van der Waals surface area (Å²) in [4.78, 5) is 38.5. The lowest BCUT2D eigenvalue weighted by atomic mass is 9.83.